The molecule has 2 amide bonds. The lowest BCUT2D eigenvalue weighted by Crippen LogP contribution is -2.52. The first-order valence-electron chi connectivity index (χ1n) is 11.5. The molecule has 2 unspecified atom stereocenters. The molecule has 182 valence electrons. The first-order chi connectivity index (χ1) is 16.2. The molecule has 2 aliphatic rings. The molecule has 2 aromatic rings. The van der Waals surface area contributed by atoms with Crippen LogP contribution in [0.4, 0.5) is 18.0 Å². The summed E-state index contributed by atoms with van der Waals surface area (Å²) in [5.41, 5.74) is 1.38. The molecule has 2 saturated heterocycles. The lowest BCUT2D eigenvalue weighted by Gasteiger charge is -2.41. The van der Waals surface area contributed by atoms with Gasteiger partial charge in [0.05, 0.1) is 18.8 Å². The van der Waals surface area contributed by atoms with Crippen molar-refractivity contribution < 1.29 is 27.5 Å². The maximum atomic E-state index is 13.2. The number of alkyl halides is 3. The van der Waals surface area contributed by atoms with E-state index >= 15 is 0 Å². The van der Waals surface area contributed by atoms with E-state index in [0.29, 0.717) is 51.4 Å². The Bertz CT molecular complexity index is 1000. The number of halogens is 3. The van der Waals surface area contributed by atoms with Crippen molar-refractivity contribution in [3.63, 3.8) is 0 Å². The number of carbonyl (C=O) groups is 2. The SMILES string of the molecule is Cc1ccc(C(=O)CC2CC(c3ccc(C(F)(F)F)cc3)CN(C(=O)N3CCOCC3)C2)cn1. The van der Waals surface area contributed by atoms with Crippen LogP contribution in [0.15, 0.2) is 42.6 Å². The Labute approximate surface area is 196 Å². The molecule has 34 heavy (non-hydrogen) atoms. The molecule has 4 rings (SSSR count). The molecular weight excluding hydrogens is 447 g/mol. The summed E-state index contributed by atoms with van der Waals surface area (Å²) < 4.78 is 44.4. The molecule has 1 aromatic carbocycles. The average Bonchev–Trinajstić information content (AvgIpc) is 2.84. The highest BCUT2D eigenvalue weighted by atomic mass is 19.4. The number of morpholine rings is 1. The van der Waals surface area contributed by atoms with E-state index in [-0.39, 0.29) is 30.1 Å². The summed E-state index contributed by atoms with van der Waals surface area (Å²) >= 11 is 0. The number of likely N-dealkylation sites (tertiary alicyclic amines) is 1. The summed E-state index contributed by atoms with van der Waals surface area (Å²) in [5, 5.41) is 0. The van der Waals surface area contributed by atoms with E-state index in [2.05, 4.69) is 4.98 Å². The van der Waals surface area contributed by atoms with Gasteiger partial charge in [0.1, 0.15) is 0 Å². The molecule has 9 heteroatoms. The van der Waals surface area contributed by atoms with E-state index in [1.807, 2.05) is 6.92 Å². The second-order valence-corrected chi connectivity index (χ2v) is 9.02. The van der Waals surface area contributed by atoms with Gasteiger partial charge in [-0.05, 0) is 49.1 Å². The summed E-state index contributed by atoms with van der Waals surface area (Å²) in [5.74, 6) is -0.320. The number of Topliss-reactive ketones (excluding diaryl/α,β-unsaturated/α-hetero) is 1. The van der Waals surface area contributed by atoms with Crippen molar-refractivity contribution in [2.75, 3.05) is 39.4 Å². The van der Waals surface area contributed by atoms with Crippen LogP contribution in [-0.4, -0.2) is 66.0 Å². The van der Waals surface area contributed by atoms with E-state index in [4.69, 9.17) is 4.74 Å². The van der Waals surface area contributed by atoms with Crippen LogP contribution >= 0.6 is 0 Å². The van der Waals surface area contributed by atoms with Crippen LogP contribution in [0.25, 0.3) is 0 Å². The van der Waals surface area contributed by atoms with Crippen LogP contribution in [0.5, 0.6) is 0 Å². The predicted molar refractivity (Wildman–Crippen MR) is 120 cm³/mol. The number of aromatic nitrogens is 1. The molecule has 2 fully saturated rings. The van der Waals surface area contributed by atoms with Crippen molar-refractivity contribution >= 4 is 11.8 Å². The van der Waals surface area contributed by atoms with Crippen molar-refractivity contribution in [2.24, 2.45) is 5.92 Å². The van der Waals surface area contributed by atoms with Crippen LogP contribution in [-0.2, 0) is 10.9 Å². The van der Waals surface area contributed by atoms with Gasteiger partial charge in [-0.1, -0.05) is 12.1 Å². The number of nitrogens with zero attached hydrogens (tertiary/aromatic N) is 3. The second-order valence-electron chi connectivity index (χ2n) is 9.02. The monoisotopic (exact) mass is 475 g/mol. The number of hydrogen-bond acceptors (Lipinski definition) is 4. The molecule has 2 atom stereocenters. The molecule has 0 aliphatic carbocycles. The first kappa shape index (κ1) is 24.2. The molecule has 0 N–H and O–H groups in total. The minimum absolute atomic E-state index is 0.0515. The van der Waals surface area contributed by atoms with Gasteiger partial charge in [-0.2, -0.15) is 13.2 Å². The summed E-state index contributed by atoms with van der Waals surface area (Å²) in [6.45, 7) is 4.63. The van der Waals surface area contributed by atoms with Gasteiger partial charge in [-0.25, -0.2) is 4.79 Å². The summed E-state index contributed by atoms with van der Waals surface area (Å²) in [4.78, 5) is 33.8. The minimum atomic E-state index is -4.40. The standard InChI is InChI=1S/C25H28F3N3O3/c1-17-2-3-20(14-29-17)23(32)13-18-12-21(19-4-6-22(7-5-19)25(26,27)28)16-31(15-18)24(33)30-8-10-34-11-9-30/h2-7,14,18,21H,8-13,15-16H2,1H3. The van der Waals surface area contributed by atoms with E-state index in [1.54, 1.807) is 28.1 Å². The van der Waals surface area contributed by atoms with Crippen LogP contribution in [0.3, 0.4) is 0 Å². The van der Waals surface area contributed by atoms with Gasteiger partial charge in [0, 0.05) is 56.0 Å². The van der Waals surface area contributed by atoms with Crippen LogP contribution in [0.1, 0.15) is 45.9 Å². The quantitative estimate of drug-likeness (QED) is 0.610. The number of ether oxygens (including phenoxy) is 1. The minimum Gasteiger partial charge on any atom is -0.378 e. The number of ketones is 1. The van der Waals surface area contributed by atoms with Gasteiger partial charge in [0.25, 0.3) is 0 Å². The predicted octanol–water partition coefficient (Wildman–Crippen LogP) is 4.54. The molecule has 0 saturated carbocycles. The highest BCUT2D eigenvalue weighted by Crippen LogP contribution is 2.35. The fourth-order valence-electron chi connectivity index (χ4n) is 4.66. The number of urea groups is 1. The Morgan fingerprint density at radius 2 is 1.74 bits per heavy atom. The molecule has 1 aromatic heterocycles. The number of rotatable bonds is 4. The molecule has 2 aliphatic heterocycles. The summed E-state index contributed by atoms with van der Waals surface area (Å²) in [6, 6.07) is 8.55. The number of hydrogen-bond donors (Lipinski definition) is 0. The third-order valence-electron chi connectivity index (χ3n) is 6.51. The van der Waals surface area contributed by atoms with Crippen LogP contribution in [0, 0.1) is 12.8 Å². The van der Waals surface area contributed by atoms with Crippen molar-refractivity contribution in [2.45, 2.75) is 31.9 Å². The number of pyridine rings is 1. The zero-order chi connectivity index (χ0) is 24.3. The van der Waals surface area contributed by atoms with E-state index in [0.717, 1.165) is 23.4 Å². The maximum Gasteiger partial charge on any atom is 0.416 e. The Balaban J connectivity index is 1.53. The van der Waals surface area contributed by atoms with Crippen molar-refractivity contribution in [1.29, 1.82) is 0 Å². The average molecular weight is 476 g/mol. The van der Waals surface area contributed by atoms with Gasteiger partial charge in [-0.3, -0.25) is 9.78 Å². The molecule has 0 bridgehead atoms. The highest BCUT2D eigenvalue weighted by Gasteiger charge is 2.35. The third kappa shape index (κ3) is 5.75. The Hall–Kier alpha value is -2.94. The van der Waals surface area contributed by atoms with E-state index in [9.17, 15) is 22.8 Å². The smallest absolute Gasteiger partial charge is 0.378 e. The Kier molecular flexibility index (Phi) is 7.21. The van der Waals surface area contributed by atoms with Gasteiger partial charge >= 0.3 is 12.2 Å². The second kappa shape index (κ2) is 10.1. The fourth-order valence-corrected chi connectivity index (χ4v) is 4.66. The van der Waals surface area contributed by atoms with Crippen molar-refractivity contribution in [3.8, 4) is 0 Å². The fraction of sp³-hybridized carbons (Fsp3) is 0.480. The number of piperidine rings is 1. The van der Waals surface area contributed by atoms with Gasteiger partial charge in [-0.15, -0.1) is 0 Å². The number of amides is 2. The molecule has 3 heterocycles. The Morgan fingerprint density at radius 3 is 2.35 bits per heavy atom. The molecule has 0 spiro atoms. The number of aryl methyl sites for hydroxylation is 1. The lowest BCUT2D eigenvalue weighted by molar-refractivity contribution is -0.137. The third-order valence-corrected chi connectivity index (χ3v) is 6.51. The first-order valence-corrected chi connectivity index (χ1v) is 11.5. The van der Waals surface area contributed by atoms with Crippen LogP contribution < -0.4 is 0 Å². The molecule has 0 radical (unpaired) electrons. The summed E-state index contributed by atoms with van der Waals surface area (Å²) in [6.07, 6.45) is -1.98. The topological polar surface area (TPSA) is 62.7 Å². The van der Waals surface area contributed by atoms with Crippen molar-refractivity contribution in [1.82, 2.24) is 14.8 Å². The summed E-state index contributed by atoms with van der Waals surface area (Å²) in [7, 11) is 0. The largest absolute Gasteiger partial charge is 0.416 e. The highest BCUT2D eigenvalue weighted by molar-refractivity contribution is 5.96. The molecular formula is C25H28F3N3O3. The van der Waals surface area contributed by atoms with Crippen LogP contribution in [0.2, 0.25) is 0 Å². The normalized spacial score (nSPS) is 21.4. The zero-order valence-electron chi connectivity index (χ0n) is 19.1. The van der Waals surface area contributed by atoms with Gasteiger partial charge < -0.3 is 14.5 Å². The number of carbonyl (C=O) groups excluding carboxylic acids is 2. The van der Waals surface area contributed by atoms with Gasteiger partial charge in [0.15, 0.2) is 5.78 Å². The zero-order valence-corrected chi connectivity index (χ0v) is 19.1. The Morgan fingerprint density at radius 1 is 1.03 bits per heavy atom. The maximum absolute atomic E-state index is 13.2. The molecule has 6 nitrogen and oxygen atoms in total. The lowest BCUT2D eigenvalue weighted by atomic mass is 9.81. The van der Waals surface area contributed by atoms with Crippen molar-refractivity contribution in [3.05, 3.63) is 65.0 Å². The van der Waals surface area contributed by atoms with E-state index < -0.39 is 11.7 Å². The number of benzene rings is 1. The van der Waals surface area contributed by atoms with Gasteiger partial charge in [0.2, 0.25) is 0 Å². The van der Waals surface area contributed by atoms with E-state index in [1.165, 1.54) is 12.1 Å².